The molecule has 1 aromatic rings. The van der Waals surface area contributed by atoms with E-state index in [2.05, 4.69) is 0 Å². The van der Waals surface area contributed by atoms with Crippen molar-refractivity contribution in [3.8, 4) is 11.5 Å². The molecule has 0 spiro atoms. The van der Waals surface area contributed by atoms with Crippen LogP contribution in [0.25, 0.3) is 0 Å². The van der Waals surface area contributed by atoms with Crippen molar-refractivity contribution in [2.24, 2.45) is 0 Å². The van der Waals surface area contributed by atoms with Gasteiger partial charge in [-0.15, -0.1) is 0 Å². The molecule has 0 aliphatic heterocycles. The van der Waals surface area contributed by atoms with Crippen molar-refractivity contribution in [3.05, 3.63) is 23.3 Å². The molecule has 0 fully saturated rings. The Morgan fingerprint density at radius 1 is 1.05 bits per heavy atom. The molecule has 1 atom stereocenters. The summed E-state index contributed by atoms with van der Waals surface area (Å²) in [6.45, 7) is 7.40. The number of alkyl halides is 3. The van der Waals surface area contributed by atoms with Crippen molar-refractivity contribution in [3.63, 3.8) is 0 Å². The van der Waals surface area contributed by atoms with E-state index in [1.807, 2.05) is 19.6 Å². The molecule has 0 aromatic heterocycles. The largest absolute Gasteiger partial charge is 0.493 e. The lowest BCUT2D eigenvalue weighted by Gasteiger charge is -2.27. The highest BCUT2D eigenvalue weighted by Crippen LogP contribution is 2.46. The maximum Gasteiger partial charge on any atom is 0.420 e. The molecule has 0 amide bonds. The molecule has 0 bridgehead atoms. The van der Waals surface area contributed by atoms with Crippen LogP contribution in [0.2, 0.25) is 19.6 Å². The van der Waals surface area contributed by atoms with Gasteiger partial charge in [-0.3, -0.25) is 0 Å². The molecule has 0 saturated carbocycles. The highest BCUT2D eigenvalue weighted by molar-refractivity contribution is 6.69. The Bertz CT molecular complexity index is 495. The number of methoxy groups -OCH3 is 2. The summed E-state index contributed by atoms with van der Waals surface area (Å²) < 4.78 is 55.9. The van der Waals surface area contributed by atoms with E-state index in [9.17, 15) is 13.2 Å². The number of hydrogen-bond donors (Lipinski definition) is 0. The maximum atomic E-state index is 13.4. The van der Waals surface area contributed by atoms with Gasteiger partial charge in [-0.1, -0.05) is 6.07 Å². The van der Waals surface area contributed by atoms with Gasteiger partial charge in [0.25, 0.3) is 0 Å². The third kappa shape index (κ3) is 4.37. The minimum absolute atomic E-state index is 0.0498. The van der Waals surface area contributed by atoms with Crippen LogP contribution in [0.1, 0.15) is 24.2 Å². The van der Waals surface area contributed by atoms with Crippen LogP contribution in [0.4, 0.5) is 13.2 Å². The zero-order chi connectivity index (χ0) is 16.4. The smallest absolute Gasteiger partial charge is 0.420 e. The van der Waals surface area contributed by atoms with Crippen molar-refractivity contribution in [1.82, 2.24) is 0 Å². The Morgan fingerprint density at radius 2 is 1.62 bits per heavy atom. The molecular weight excluding hydrogens is 301 g/mol. The summed E-state index contributed by atoms with van der Waals surface area (Å²) in [5, 5.41) is 0. The van der Waals surface area contributed by atoms with Crippen LogP contribution in [-0.2, 0) is 10.6 Å². The van der Waals surface area contributed by atoms with Crippen LogP contribution in [-0.4, -0.2) is 22.5 Å². The second-order valence-electron chi connectivity index (χ2n) is 5.64. The Kier molecular flexibility index (Phi) is 5.33. The van der Waals surface area contributed by atoms with Gasteiger partial charge in [0, 0.05) is 0 Å². The highest BCUT2D eigenvalue weighted by Gasteiger charge is 2.40. The molecule has 1 rings (SSSR count). The maximum absolute atomic E-state index is 13.4. The number of ether oxygens (including phenoxy) is 2. The molecule has 0 saturated heterocycles. The van der Waals surface area contributed by atoms with Gasteiger partial charge in [-0.25, -0.2) is 0 Å². The van der Waals surface area contributed by atoms with E-state index in [4.69, 9.17) is 13.9 Å². The molecule has 7 heteroatoms. The average molecular weight is 322 g/mol. The first-order valence-electron chi connectivity index (χ1n) is 6.51. The Morgan fingerprint density at radius 3 is 2.00 bits per heavy atom. The van der Waals surface area contributed by atoms with E-state index < -0.39 is 26.2 Å². The summed E-state index contributed by atoms with van der Waals surface area (Å²) in [6, 6.07) is 2.85. The molecule has 0 aliphatic carbocycles. The first-order valence-corrected chi connectivity index (χ1v) is 9.92. The van der Waals surface area contributed by atoms with Gasteiger partial charge in [0.05, 0.1) is 20.3 Å². The number of halogens is 3. The molecule has 1 aromatic carbocycles. The first-order chi connectivity index (χ1) is 9.51. The summed E-state index contributed by atoms with van der Waals surface area (Å²) in [7, 11) is 0.527. The van der Waals surface area contributed by atoms with Crippen LogP contribution in [0.15, 0.2) is 12.1 Å². The second kappa shape index (κ2) is 6.27. The van der Waals surface area contributed by atoms with Crippen molar-refractivity contribution in [1.29, 1.82) is 0 Å². The predicted octanol–water partition coefficient (Wildman–Crippen LogP) is 4.64. The second-order valence-corrected chi connectivity index (χ2v) is 10.1. The normalized spacial score (nSPS) is 14.0. The van der Waals surface area contributed by atoms with Crippen LogP contribution >= 0.6 is 0 Å². The molecule has 0 radical (unpaired) electrons. The van der Waals surface area contributed by atoms with Crippen molar-refractivity contribution in [2.75, 3.05) is 14.2 Å². The minimum Gasteiger partial charge on any atom is -0.493 e. The quantitative estimate of drug-likeness (QED) is 0.739. The lowest BCUT2D eigenvalue weighted by molar-refractivity contribution is -0.140. The van der Waals surface area contributed by atoms with Gasteiger partial charge in [0.1, 0.15) is 5.56 Å². The van der Waals surface area contributed by atoms with Crippen LogP contribution in [0, 0.1) is 0 Å². The molecule has 0 N–H and O–H groups in total. The zero-order valence-electron chi connectivity index (χ0n) is 13.1. The number of hydrogen-bond acceptors (Lipinski definition) is 3. The summed E-state index contributed by atoms with van der Waals surface area (Å²) in [5.41, 5.74) is -0.780. The van der Waals surface area contributed by atoms with Gasteiger partial charge in [0.2, 0.25) is 0 Å². The lowest BCUT2D eigenvalue weighted by Crippen LogP contribution is -2.28. The highest BCUT2D eigenvalue weighted by atomic mass is 28.4. The first kappa shape index (κ1) is 17.8. The Labute approximate surface area is 124 Å². The summed E-state index contributed by atoms with van der Waals surface area (Å²) >= 11 is 0. The van der Waals surface area contributed by atoms with E-state index in [0.717, 1.165) is 0 Å². The number of rotatable bonds is 5. The summed E-state index contributed by atoms with van der Waals surface area (Å²) in [5.74, 6) is -0.262. The van der Waals surface area contributed by atoms with Crippen LogP contribution in [0.3, 0.4) is 0 Å². The van der Waals surface area contributed by atoms with E-state index in [0.29, 0.717) is 0 Å². The van der Waals surface area contributed by atoms with Crippen LogP contribution < -0.4 is 9.47 Å². The fourth-order valence-corrected chi connectivity index (χ4v) is 3.35. The van der Waals surface area contributed by atoms with Crippen molar-refractivity contribution < 1.29 is 27.1 Å². The molecule has 1 unspecified atom stereocenters. The van der Waals surface area contributed by atoms with Gasteiger partial charge in [-0.05, 0) is 38.2 Å². The molecule has 21 heavy (non-hydrogen) atoms. The van der Waals surface area contributed by atoms with E-state index in [1.54, 1.807) is 6.92 Å². The zero-order valence-corrected chi connectivity index (χ0v) is 14.1. The fourth-order valence-electron chi connectivity index (χ4n) is 2.17. The van der Waals surface area contributed by atoms with Crippen molar-refractivity contribution >= 4 is 8.32 Å². The standard InChI is InChI=1S/C14H21F3O3Si/c1-9(20-21(4,5)6)10-7-8-11(18-2)13(19-3)12(10)14(15,16)17/h7-9H,1-6H3. The van der Waals surface area contributed by atoms with Crippen molar-refractivity contribution in [2.45, 2.75) is 38.8 Å². The minimum atomic E-state index is -4.55. The van der Waals surface area contributed by atoms with E-state index in [-0.39, 0.29) is 17.1 Å². The number of benzene rings is 1. The monoisotopic (exact) mass is 322 g/mol. The van der Waals surface area contributed by atoms with E-state index in [1.165, 1.54) is 26.4 Å². The molecule has 3 nitrogen and oxygen atoms in total. The SMILES string of the molecule is COc1ccc(C(C)O[Si](C)(C)C)c(C(F)(F)F)c1OC. The predicted molar refractivity (Wildman–Crippen MR) is 77.4 cm³/mol. The Balaban J connectivity index is 3.45. The third-order valence-corrected chi connectivity index (χ3v) is 3.89. The summed E-state index contributed by atoms with van der Waals surface area (Å²) in [6.07, 6.45) is -5.22. The molecule has 0 heterocycles. The van der Waals surface area contributed by atoms with Gasteiger partial charge >= 0.3 is 6.18 Å². The van der Waals surface area contributed by atoms with Gasteiger partial charge in [-0.2, -0.15) is 13.2 Å². The third-order valence-electron chi connectivity index (χ3n) is 2.83. The molecular formula is C14H21F3O3Si. The molecule has 120 valence electrons. The van der Waals surface area contributed by atoms with Crippen LogP contribution in [0.5, 0.6) is 11.5 Å². The lowest BCUT2D eigenvalue weighted by atomic mass is 10.0. The topological polar surface area (TPSA) is 27.7 Å². The molecule has 0 aliphatic rings. The van der Waals surface area contributed by atoms with Gasteiger partial charge < -0.3 is 13.9 Å². The van der Waals surface area contributed by atoms with Gasteiger partial charge in [0.15, 0.2) is 19.8 Å². The average Bonchev–Trinajstić information content (AvgIpc) is 2.33. The Hall–Kier alpha value is -1.21. The van der Waals surface area contributed by atoms with E-state index >= 15 is 0 Å². The summed E-state index contributed by atoms with van der Waals surface area (Å²) in [4.78, 5) is 0. The fraction of sp³-hybridized carbons (Fsp3) is 0.571.